The molecule has 3 aromatic rings. The van der Waals surface area contributed by atoms with E-state index in [4.69, 9.17) is 16.6 Å². The van der Waals surface area contributed by atoms with Gasteiger partial charge in [0.2, 0.25) is 0 Å². The van der Waals surface area contributed by atoms with Crippen molar-refractivity contribution in [3.63, 3.8) is 0 Å². The Bertz CT molecular complexity index is 1040. The highest BCUT2D eigenvalue weighted by atomic mass is 35.5. The Labute approximate surface area is 185 Å². The van der Waals surface area contributed by atoms with Gasteiger partial charge in [-0.15, -0.1) is 0 Å². The molecule has 4 heteroatoms. The van der Waals surface area contributed by atoms with Crippen LogP contribution in [0.5, 0.6) is 0 Å². The zero-order chi connectivity index (χ0) is 21.7. The molecule has 0 radical (unpaired) electrons. The lowest BCUT2D eigenvalue weighted by atomic mass is 9.74. The highest BCUT2D eigenvalue weighted by Crippen LogP contribution is 2.35. The van der Waals surface area contributed by atoms with Gasteiger partial charge < -0.3 is 9.88 Å². The fraction of sp³-hybridized carbons (Fsp3) is 0.500. The number of aryl methyl sites for hydroxylation is 2. The second-order valence-electron chi connectivity index (χ2n) is 10.5. The van der Waals surface area contributed by atoms with Crippen molar-refractivity contribution in [1.82, 2.24) is 14.9 Å². The lowest BCUT2D eigenvalue weighted by Crippen LogP contribution is -2.58. The van der Waals surface area contributed by atoms with Crippen LogP contribution in [0.1, 0.15) is 63.1 Å². The van der Waals surface area contributed by atoms with E-state index in [0.717, 1.165) is 23.5 Å². The maximum atomic E-state index is 6.12. The van der Waals surface area contributed by atoms with Crippen LogP contribution in [-0.2, 0) is 13.0 Å². The number of fused-ring (bicyclic) bond motifs is 1. The molecular weight excluding hydrogens is 390 g/mol. The van der Waals surface area contributed by atoms with Crippen molar-refractivity contribution < 1.29 is 0 Å². The minimum absolute atomic E-state index is 0.145. The van der Waals surface area contributed by atoms with Gasteiger partial charge in [-0.1, -0.05) is 23.7 Å². The predicted molar refractivity (Wildman–Crippen MR) is 127 cm³/mol. The Morgan fingerprint density at radius 2 is 1.60 bits per heavy atom. The maximum Gasteiger partial charge on any atom is 0.110 e. The molecule has 0 amide bonds. The van der Waals surface area contributed by atoms with Gasteiger partial charge in [-0.05, 0) is 101 Å². The van der Waals surface area contributed by atoms with Gasteiger partial charge in [0.1, 0.15) is 5.82 Å². The predicted octanol–water partition coefficient (Wildman–Crippen LogP) is 6.45. The fourth-order valence-corrected chi connectivity index (χ4v) is 5.60. The summed E-state index contributed by atoms with van der Waals surface area (Å²) in [6.45, 7) is 14.5. The minimum atomic E-state index is 0.145. The summed E-state index contributed by atoms with van der Waals surface area (Å²) in [5, 5.41) is 4.59. The molecule has 160 valence electrons. The van der Waals surface area contributed by atoms with E-state index >= 15 is 0 Å². The van der Waals surface area contributed by atoms with E-state index in [9.17, 15) is 0 Å². The number of hydrogen-bond acceptors (Lipinski definition) is 2. The number of benzene rings is 2. The van der Waals surface area contributed by atoms with Gasteiger partial charge in [0.25, 0.3) is 0 Å². The Kier molecular flexibility index (Phi) is 5.48. The summed E-state index contributed by atoms with van der Waals surface area (Å²) in [7, 11) is 0. The lowest BCUT2D eigenvalue weighted by molar-refractivity contribution is 0.127. The number of rotatable bonds is 4. The molecule has 0 spiro atoms. The van der Waals surface area contributed by atoms with Crippen LogP contribution in [-0.4, -0.2) is 20.6 Å². The lowest BCUT2D eigenvalue weighted by Gasteiger charge is -2.46. The molecule has 0 unspecified atom stereocenters. The largest absolute Gasteiger partial charge is 0.323 e. The van der Waals surface area contributed by atoms with Gasteiger partial charge in [0.05, 0.1) is 11.0 Å². The van der Waals surface area contributed by atoms with E-state index in [1.165, 1.54) is 40.9 Å². The number of imidazole rings is 1. The summed E-state index contributed by atoms with van der Waals surface area (Å²) < 4.78 is 2.42. The van der Waals surface area contributed by atoms with Gasteiger partial charge in [0.15, 0.2) is 0 Å². The summed E-state index contributed by atoms with van der Waals surface area (Å²) in [5.41, 5.74) is 6.50. The van der Waals surface area contributed by atoms with Crippen LogP contribution >= 0.6 is 11.6 Å². The normalized spacial score (nSPS) is 18.8. The molecule has 3 nitrogen and oxygen atoms in total. The van der Waals surface area contributed by atoms with Crippen molar-refractivity contribution in [1.29, 1.82) is 0 Å². The number of aromatic nitrogens is 2. The van der Waals surface area contributed by atoms with Gasteiger partial charge in [-0.25, -0.2) is 4.98 Å². The quantitative estimate of drug-likeness (QED) is 0.522. The summed E-state index contributed by atoms with van der Waals surface area (Å²) in [6, 6.07) is 12.7. The van der Waals surface area contributed by atoms with Crippen LogP contribution in [0.15, 0.2) is 36.4 Å². The summed E-state index contributed by atoms with van der Waals surface area (Å²) in [6.07, 6.45) is 3.34. The van der Waals surface area contributed by atoms with Gasteiger partial charge in [0, 0.05) is 29.1 Å². The maximum absolute atomic E-state index is 6.12. The zero-order valence-corrected chi connectivity index (χ0v) is 19.9. The van der Waals surface area contributed by atoms with Gasteiger partial charge in [-0.3, -0.25) is 0 Å². The summed E-state index contributed by atoms with van der Waals surface area (Å²) in [5.74, 6) is 1.81. The standard InChI is InChI=1S/C26H34ClN3/c1-17-11-22-23(12-18(17)2)30(16-19-7-9-21(27)10-8-19)24(28-22)13-20-14-25(3,4)29-26(5,6)15-20/h7-12,20,29H,13-16H2,1-6H3. The van der Waals surface area contributed by atoms with Crippen LogP contribution in [0.3, 0.4) is 0 Å². The number of halogens is 1. The average molecular weight is 424 g/mol. The number of nitrogens with zero attached hydrogens (tertiary/aromatic N) is 2. The minimum Gasteiger partial charge on any atom is -0.323 e. The third-order valence-corrected chi connectivity index (χ3v) is 6.69. The molecule has 1 aliphatic heterocycles. The van der Waals surface area contributed by atoms with Crippen molar-refractivity contribution in [2.75, 3.05) is 0 Å². The molecule has 4 rings (SSSR count). The molecular formula is C26H34ClN3. The van der Waals surface area contributed by atoms with E-state index in [1.807, 2.05) is 12.1 Å². The molecule has 0 bridgehead atoms. The van der Waals surface area contributed by atoms with Crippen LogP contribution in [0.2, 0.25) is 5.02 Å². The number of piperidine rings is 1. The van der Waals surface area contributed by atoms with Gasteiger partial charge in [-0.2, -0.15) is 0 Å². The van der Waals surface area contributed by atoms with Crippen molar-refractivity contribution in [2.45, 2.75) is 78.4 Å². The molecule has 0 saturated carbocycles. The SMILES string of the molecule is Cc1cc2nc(CC3CC(C)(C)NC(C)(C)C3)n(Cc3ccc(Cl)cc3)c2cc1C. The highest BCUT2D eigenvalue weighted by Gasteiger charge is 2.38. The first kappa shape index (κ1) is 21.4. The number of nitrogens with one attached hydrogen (secondary N) is 1. The second kappa shape index (κ2) is 7.69. The third-order valence-electron chi connectivity index (χ3n) is 6.44. The molecule has 1 N–H and O–H groups in total. The average Bonchev–Trinajstić information content (AvgIpc) is 2.91. The molecule has 2 heterocycles. The van der Waals surface area contributed by atoms with Crippen LogP contribution in [0.4, 0.5) is 0 Å². The molecule has 30 heavy (non-hydrogen) atoms. The first-order valence-corrected chi connectivity index (χ1v) is 11.4. The van der Waals surface area contributed by atoms with E-state index in [0.29, 0.717) is 5.92 Å². The smallest absolute Gasteiger partial charge is 0.110 e. The molecule has 1 aliphatic rings. The highest BCUT2D eigenvalue weighted by molar-refractivity contribution is 6.30. The Hall–Kier alpha value is -1.84. The molecule has 1 aromatic heterocycles. The van der Waals surface area contributed by atoms with Crippen LogP contribution in [0, 0.1) is 19.8 Å². The second-order valence-corrected chi connectivity index (χ2v) is 11.0. The first-order valence-electron chi connectivity index (χ1n) is 11.0. The molecule has 0 aliphatic carbocycles. The third kappa shape index (κ3) is 4.58. The molecule has 1 saturated heterocycles. The van der Waals surface area contributed by atoms with E-state index in [1.54, 1.807) is 0 Å². The van der Waals surface area contributed by atoms with Crippen LogP contribution in [0.25, 0.3) is 11.0 Å². The summed E-state index contributed by atoms with van der Waals surface area (Å²) >= 11 is 6.12. The van der Waals surface area contributed by atoms with E-state index in [2.05, 4.69) is 75.7 Å². The monoisotopic (exact) mass is 423 g/mol. The first-order chi connectivity index (χ1) is 14.0. The molecule has 2 aromatic carbocycles. The van der Waals surface area contributed by atoms with Crippen LogP contribution < -0.4 is 5.32 Å². The Balaban J connectivity index is 1.73. The zero-order valence-electron chi connectivity index (χ0n) is 19.1. The van der Waals surface area contributed by atoms with E-state index < -0.39 is 0 Å². The van der Waals surface area contributed by atoms with E-state index in [-0.39, 0.29) is 11.1 Å². The number of hydrogen-bond donors (Lipinski definition) is 1. The Morgan fingerprint density at radius 1 is 1.00 bits per heavy atom. The van der Waals surface area contributed by atoms with Crippen molar-refractivity contribution in [3.8, 4) is 0 Å². The van der Waals surface area contributed by atoms with Crippen molar-refractivity contribution in [2.24, 2.45) is 5.92 Å². The van der Waals surface area contributed by atoms with Crippen molar-refractivity contribution in [3.05, 3.63) is 63.9 Å². The Morgan fingerprint density at radius 3 is 2.23 bits per heavy atom. The van der Waals surface area contributed by atoms with Gasteiger partial charge >= 0.3 is 0 Å². The van der Waals surface area contributed by atoms with Crippen molar-refractivity contribution >= 4 is 22.6 Å². The topological polar surface area (TPSA) is 29.9 Å². The fourth-order valence-electron chi connectivity index (χ4n) is 5.47. The summed E-state index contributed by atoms with van der Waals surface area (Å²) in [4.78, 5) is 5.13. The molecule has 0 atom stereocenters. The molecule has 1 fully saturated rings.